The number of aromatic amines is 1. The summed E-state index contributed by atoms with van der Waals surface area (Å²) in [6.07, 6.45) is 5.27. The molecule has 0 aliphatic heterocycles. The summed E-state index contributed by atoms with van der Waals surface area (Å²) in [5.74, 6) is 2.54. The van der Waals surface area contributed by atoms with Crippen LogP contribution in [-0.2, 0) is 12.8 Å². The lowest BCUT2D eigenvalue weighted by Gasteiger charge is -2.17. The van der Waals surface area contributed by atoms with Crippen LogP contribution < -0.4 is 10.3 Å². The van der Waals surface area contributed by atoms with Gasteiger partial charge in [0.25, 0.3) is 5.56 Å². The molecule has 1 N–H and O–H groups in total. The van der Waals surface area contributed by atoms with Crippen molar-refractivity contribution in [1.82, 2.24) is 9.97 Å². The number of para-hydroxylation sites is 1. The van der Waals surface area contributed by atoms with E-state index in [-0.39, 0.29) is 5.56 Å². The Morgan fingerprint density at radius 2 is 2.15 bits per heavy atom. The summed E-state index contributed by atoms with van der Waals surface area (Å²) in [4.78, 5) is 22.6. The molecule has 0 saturated carbocycles. The zero-order valence-corrected chi connectivity index (χ0v) is 17.1. The summed E-state index contributed by atoms with van der Waals surface area (Å²) in [5.41, 5.74) is 1.28. The predicted octanol–water partition coefficient (Wildman–Crippen LogP) is 5.06. The first kappa shape index (κ1) is 18.6. The van der Waals surface area contributed by atoms with Gasteiger partial charge in [-0.15, -0.1) is 11.3 Å². The van der Waals surface area contributed by atoms with E-state index in [0.717, 1.165) is 52.6 Å². The first-order valence-corrected chi connectivity index (χ1v) is 11.4. The van der Waals surface area contributed by atoms with Crippen molar-refractivity contribution >= 4 is 33.3 Å². The minimum atomic E-state index is 0.0296. The van der Waals surface area contributed by atoms with Gasteiger partial charge in [-0.3, -0.25) is 4.79 Å². The van der Waals surface area contributed by atoms with Gasteiger partial charge in [-0.2, -0.15) is 0 Å². The molecule has 1 atom stereocenters. The van der Waals surface area contributed by atoms with Crippen LogP contribution in [0.2, 0.25) is 0 Å². The molecule has 6 heteroatoms. The lowest BCUT2D eigenvalue weighted by atomic mass is 9.89. The highest BCUT2D eigenvalue weighted by atomic mass is 32.2. The molecule has 0 unspecified atom stereocenters. The van der Waals surface area contributed by atoms with E-state index >= 15 is 0 Å². The summed E-state index contributed by atoms with van der Waals surface area (Å²) in [5, 5.41) is 1.57. The Labute approximate surface area is 167 Å². The van der Waals surface area contributed by atoms with E-state index in [2.05, 4.69) is 11.9 Å². The molecule has 2 heterocycles. The summed E-state index contributed by atoms with van der Waals surface area (Å²) in [6, 6.07) is 9.89. The fourth-order valence-corrected chi connectivity index (χ4v) is 5.78. The fraction of sp³-hybridized carbons (Fsp3) is 0.429. The van der Waals surface area contributed by atoms with Gasteiger partial charge < -0.3 is 9.72 Å². The lowest BCUT2D eigenvalue weighted by molar-refractivity contribution is 0.310. The Kier molecular flexibility index (Phi) is 5.83. The molecular formula is C21H24N2O2S2. The van der Waals surface area contributed by atoms with E-state index in [1.807, 2.05) is 30.3 Å². The zero-order chi connectivity index (χ0) is 18.6. The molecule has 3 aromatic rings. The number of ether oxygens (including phenoxy) is 1. The number of thioether (sulfide) groups is 1. The van der Waals surface area contributed by atoms with Gasteiger partial charge in [0.05, 0.1) is 12.0 Å². The highest BCUT2D eigenvalue weighted by Crippen LogP contribution is 2.36. The fourth-order valence-electron chi connectivity index (χ4n) is 3.48. The number of hydrogen-bond donors (Lipinski definition) is 1. The molecule has 0 bridgehead atoms. The van der Waals surface area contributed by atoms with Crippen molar-refractivity contribution in [2.75, 3.05) is 12.4 Å². The molecule has 0 spiro atoms. The van der Waals surface area contributed by atoms with Crippen molar-refractivity contribution in [3.8, 4) is 5.75 Å². The average Bonchev–Trinajstić information content (AvgIpc) is 3.03. The number of benzene rings is 1. The Morgan fingerprint density at radius 1 is 1.30 bits per heavy atom. The molecule has 0 fully saturated rings. The van der Waals surface area contributed by atoms with Gasteiger partial charge in [0.15, 0.2) is 5.16 Å². The second kappa shape index (κ2) is 8.48. The van der Waals surface area contributed by atoms with E-state index in [9.17, 15) is 4.79 Å². The first-order valence-electron chi connectivity index (χ1n) is 9.56. The number of rotatable bonds is 7. The van der Waals surface area contributed by atoms with Crippen LogP contribution in [0.25, 0.3) is 10.2 Å². The second-order valence-corrected chi connectivity index (χ2v) is 9.29. The third-order valence-corrected chi connectivity index (χ3v) is 7.04. The van der Waals surface area contributed by atoms with Gasteiger partial charge in [-0.05, 0) is 55.7 Å². The average molecular weight is 401 g/mol. The molecule has 0 saturated heterocycles. The molecule has 4 nitrogen and oxygen atoms in total. The van der Waals surface area contributed by atoms with Gasteiger partial charge in [0.2, 0.25) is 0 Å². The van der Waals surface area contributed by atoms with Crippen molar-refractivity contribution < 1.29 is 4.74 Å². The number of unbranched alkanes of at least 4 members (excludes halogenated alkanes) is 1. The first-order chi connectivity index (χ1) is 13.2. The van der Waals surface area contributed by atoms with E-state index in [1.54, 1.807) is 23.1 Å². The topological polar surface area (TPSA) is 55.0 Å². The van der Waals surface area contributed by atoms with Gasteiger partial charge in [0, 0.05) is 10.6 Å². The zero-order valence-electron chi connectivity index (χ0n) is 15.5. The van der Waals surface area contributed by atoms with Crippen LogP contribution in [0.4, 0.5) is 0 Å². The number of nitrogens with one attached hydrogen (secondary N) is 1. The molecule has 2 aromatic heterocycles. The van der Waals surface area contributed by atoms with Crippen LogP contribution in [0.15, 0.2) is 40.3 Å². The maximum absolute atomic E-state index is 12.6. The van der Waals surface area contributed by atoms with E-state index in [1.165, 1.54) is 16.9 Å². The normalized spacial score (nSPS) is 16.4. The number of fused-ring (bicyclic) bond motifs is 3. The quantitative estimate of drug-likeness (QED) is 0.342. The highest BCUT2D eigenvalue weighted by Gasteiger charge is 2.22. The van der Waals surface area contributed by atoms with Crippen LogP contribution in [0.5, 0.6) is 5.75 Å². The monoisotopic (exact) mass is 400 g/mol. The van der Waals surface area contributed by atoms with Crippen LogP contribution >= 0.6 is 23.1 Å². The van der Waals surface area contributed by atoms with Crippen LogP contribution in [0.1, 0.15) is 36.6 Å². The predicted molar refractivity (Wildman–Crippen MR) is 113 cm³/mol. The maximum atomic E-state index is 12.6. The molecule has 4 rings (SSSR count). The summed E-state index contributed by atoms with van der Waals surface area (Å²) in [7, 11) is 0. The molecular weight excluding hydrogens is 376 g/mol. The minimum Gasteiger partial charge on any atom is -0.494 e. The Bertz CT molecular complexity index is 965. The van der Waals surface area contributed by atoms with E-state index in [4.69, 9.17) is 9.72 Å². The third kappa shape index (κ3) is 4.38. The molecule has 1 aromatic carbocycles. The van der Waals surface area contributed by atoms with Gasteiger partial charge in [-0.1, -0.05) is 36.9 Å². The third-order valence-electron chi connectivity index (χ3n) is 4.93. The standard InChI is InChI=1S/C21H24N2O2S2/c1-14-9-10-16-17(13-14)27-20-18(16)19(24)22-21(23-20)26-12-6-5-11-25-15-7-3-2-4-8-15/h2-4,7-8,14H,5-6,9-13H2,1H3,(H,22,23,24)/t14-/m1/s1. The molecule has 0 radical (unpaired) electrons. The molecule has 1 aliphatic carbocycles. The lowest BCUT2D eigenvalue weighted by Crippen LogP contribution is -2.13. The largest absolute Gasteiger partial charge is 0.494 e. The summed E-state index contributed by atoms with van der Waals surface area (Å²) >= 11 is 3.34. The Morgan fingerprint density at radius 3 is 3.00 bits per heavy atom. The minimum absolute atomic E-state index is 0.0296. The number of hydrogen-bond acceptors (Lipinski definition) is 5. The van der Waals surface area contributed by atoms with Crippen molar-refractivity contribution in [3.63, 3.8) is 0 Å². The van der Waals surface area contributed by atoms with Crippen LogP contribution in [-0.4, -0.2) is 22.3 Å². The number of nitrogens with zero attached hydrogens (tertiary/aromatic N) is 1. The van der Waals surface area contributed by atoms with E-state index in [0.29, 0.717) is 12.5 Å². The highest BCUT2D eigenvalue weighted by molar-refractivity contribution is 7.99. The van der Waals surface area contributed by atoms with Gasteiger partial charge >= 0.3 is 0 Å². The number of H-pyrrole nitrogens is 1. The van der Waals surface area contributed by atoms with Crippen molar-refractivity contribution in [1.29, 1.82) is 0 Å². The summed E-state index contributed by atoms with van der Waals surface area (Å²) in [6.45, 7) is 3.00. The maximum Gasteiger partial charge on any atom is 0.260 e. The van der Waals surface area contributed by atoms with Crippen molar-refractivity contribution in [2.24, 2.45) is 5.92 Å². The van der Waals surface area contributed by atoms with Gasteiger partial charge in [0.1, 0.15) is 10.6 Å². The number of thiophene rings is 1. The summed E-state index contributed by atoms with van der Waals surface area (Å²) < 4.78 is 5.71. The molecule has 142 valence electrons. The van der Waals surface area contributed by atoms with Crippen LogP contribution in [0.3, 0.4) is 0 Å². The van der Waals surface area contributed by atoms with Crippen molar-refractivity contribution in [2.45, 2.75) is 44.2 Å². The number of aryl methyl sites for hydroxylation is 1. The van der Waals surface area contributed by atoms with Gasteiger partial charge in [-0.25, -0.2) is 4.98 Å². The Hall–Kier alpha value is -1.79. The Balaban J connectivity index is 1.32. The molecule has 1 aliphatic rings. The SMILES string of the molecule is C[C@@H]1CCc2c(sc3nc(SCCCCOc4ccccc4)[nH]c(=O)c23)C1. The second-order valence-electron chi connectivity index (χ2n) is 7.12. The number of aromatic nitrogens is 2. The molecule has 27 heavy (non-hydrogen) atoms. The van der Waals surface area contributed by atoms with Crippen LogP contribution in [0, 0.1) is 5.92 Å². The molecule has 0 amide bonds. The van der Waals surface area contributed by atoms with E-state index < -0.39 is 0 Å². The van der Waals surface area contributed by atoms with Crippen molar-refractivity contribution in [3.05, 3.63) is 51.1 Å². The smallest absolute Gasteiger partial charge is 0.260 e.